The summed E-state index contributed by atoms with van der Waals surface area (Å²) in [7, 11) is 1.80. The van der Waals surface area contributed by atoms with Gasteiger partial charge in [-0.1, -0.05) is 13.8 Å². The fraction of sp³-hybridized carbons (Fsp3) is 0.923. The van der Waals surface area contributed by atoms with Gasteiger partial charge in [-0.2, -0.15) is 0 Å². The van der Waals surface area contributed by atoms with Crippen LogP contribution in [0.3, 0.4) is 0 Å². The maximum absolute atomic E-state index is 11.5. The van der Waals surface area contributed by atoms with Gasteiger partial charge in [-0.15, -0.1) is 0 Å². The quantitative estimate of drug-likeness (QED) is 0.766. The zero-order valence-electron chi connectivity index (χ0n) is 11.8. The van der Waals surface area contributed by atoms with E-state index in [9.17, 15) is 4.79 Å². The molecular formula is C13H27N3O. The fourth-order valence-corrected chi connectivity index (χ4v) is 2.73. The van der Waals surface area contributed by atoms with Gasteiger partial charge in [0, 0.05) is 19.1 Å². The van der Waals surface area contributed by atoms with Crippen LogP contribution in [0.1, 0.15) is 34.1 Å². The third-order valence-corrected chi connectivity index (χ3v) is 4.33. The van der Waals surface area contributed by atoms with Crippen LogP contribution in [0.5, 0.6) is 0 Å². The van der Waals surface area contributed by atoms with Gasteiger partial charge in [0.15, 0.2) is 0 Å². The lowest BCUT2D eigenvalue weighted by atomic mass is 9.84. The summed E-state index contributed by atoms with van der Waals surface area (Å²) in [6.07, 6.45) is 1.27. The van der Waals surface area contributed by atoms with Gasteiger partial charge in [-0.3, -0.25) is 9.69 Å². The van der Waals surface area contributed by atoms with Gasteiger partial charge >= 0.3 is 0 Å². The zero-order chi connectivity index (χ0) is 13.2. The molecule has 0 aromatic carbocycles. The number of rotatable bonds is 4. The minimum Gasteiger partial charge on any atom is -0.368 e. The first-order chi connectivity index (χ1) is 7.80. The van der Waals surface area contributed by atoms with Crippen molar-refractivity contribution in [2.24, 2.45) is 17.6 Å². The molecule has 1 aliphatic heterocycles. The van der Waals surface area contributed by atoms with Crippen molar-refractivity contribution in [3.05, 3.63) is 0 Å². The monoisotopic (exact) mass is 241 g/mol. The number of piperidine rings is 1. The highest BCUT2D eigenvalue weighted by Gasteiger charge is 2.36. The molecule has 4 nitrogen and oxygen atoms in total. The van der Waals surface area contributed by atoms with Gasteiger partial charge in [0.1, 0.15) is 5.54 Å². The van der Waals surface area contributed by atoms with Gasteiger partial charge in [-0.05, 0) is 39.2 Å². The molecule has 1 heterocycles. The fourth-order valence-electron chi connectivity index (χ4n) is 2.73. The number of nitrogens with one attached hydrogen (secondary N) is 1. The highest BCUT2D eigenvalue weighted by Crippen LogP contribution is 2.27. The van der Waals surface area contributed by atoms with Crippen molar-refractivity contribution < 1.29 is 4.79 Å². The normalized spacial score (nSPS) is 34.3. The lowest BCUT2D eigenvalue weighted by Crippen LogP contribution is -2.61. The van der Waals surface area contributed by atoms with E-state index in [1.165, 1.54) is 6.42 Å². The van der Waals surface area contributed by atoms with E-state index in [-0.39, 0.29) is 5.91 Å². The first-order valence-corrected chi connectivity index (χ1v) is 6.53. The lowest BCUT2D eigenvalue weighted by molar-refractivity contribution is -0.125. The molecule has 4 atom stereocenters. The Labute approximate surface area is 105 Å². The number of likely N-dealkylation sites (N-methyl/N-ethyl adjacent to an activating group) is 1. The maximum Gasteiger partial charge on any atom is 0.238 e. The molecule has 1 fully saturated rings. The number of nitrogens with zero attached hydrogens (tertiary/aromatic N) is 1. The van der Waals surface area contributed by atoms with E-state index in [4.69, 9.17) is 5.73 Å². The van der Waals surface area contributed by atoms with Crippen LogP contribution >= 0.6 is 0 Å². The van der Waals surface area contributed by atoms with Gasteiger partial charge in [0.25, 0.3) is 0 Å². The van der Waals surface area contributed by atoms with E-state index >= 15 is 0 Å². The SMILES string of the molecule is CNC(C)(CN1CC(C)CC(C)C1C)C(N)=O. The molecule has 0 bridgehead atoms. The van der Waals surface area contributed by atoms with E-state index in [0.717, 1.165) is 6.54 Å². The summed E-state index contributed by atoms with van der Waals surface area (Å²) in [5, 5.41) is 3.06. The second-order valence-corrected chi connectivity index (χ2v) is 5.93. The average Bonchev–Trinajstić information content (AvgIpc) is 2.24. The molecule has 0 radical (unpaired) electrons. The summed E-state index contributed by atoms with van der Waals surface area (Å²) in [4.78, 5) is 13.9. The molecule has 1 amide bonds. The molecule has 0 saturated carbocycles. The second kappa shape index (κ2) is 5.36. The van der Waals surface area contributed by atoms with Crippen molar-refractivity contribution in [1.29, 1.82) is 0 Å². The maximum atomic E-state index is 11.5. The predicted octanol–water partition coefficient (Wildman–Crippen LogP) is 0.816. The van der Waals surface area contributed by atoms with Crippen LogP contribution < -0.4 is 11.1 Å². The van der Waals surface area contributed by atoms with Gasteiger partial charge in [0.2, 0.25) is 5.91 Å². The lowest BCUT2D eigenvalue weighted by Gasteiger charge is -2.44. The summed E-state index contributed by atoms with van der Waals surface area (Å²) < 4.78 is 0. The molecule has 0 aromatic rings. The average molecular weight is 241 g/mol. The van der Waals surface area contributed by atoms with Crippen LogP contribution in [0.2, 0.25) is 0 Å². The Balaban J connectivity index is 2.75. The molecule has 1 saturated heterocycles. The molecule has 100 valence electrons. The highest BCUT2D eigenvalue weighted by molar-refractivity contribution is 5.84. The first kappa shape index (κ1) is 14.5. The van der Waals surface area contributed by atoms with Crippen LogP contribution in [-0.2, 0) is 4.79 Å². The van der Waals surface area contributed by atoms with Crippen LogP contribution in [0.25, 0.3) is 0 Å². The summed E-state index contributed by atoms with van der Waals surface area (Å²) in [6.45, 7) is 10.4. The van der Waals surface area contributed by atoms with Crippen molar-refractivity contribution >= 4 is 5.91 Å². The summed E-state index contributed by atoms with van der Waals surface area (Å²) in [5.74, 6) is 1.08. The molecule has 1 rings (SSSR count). The summed E-state index contributed by atoms with van der Waals surface area (Å²) >= 11 is 0. The second-order valence-electron chi connectivity index (χ2n) is 5.93. The molecule has 0 aromatic heterocycles. The number of hydrogen-bond donors (Lipinski definition) is 2. The van der Waals surface area contributed by atoms with E-state index in [1.54, 1.807) is 7.05 Å². The number of amides is 1. The Morgan fingerprint density at radius 3 is 2.53 bits per heavy atom. The molecule has 4 unspecified atom stereocenters. The van der Waals surface area contributed by atoms with Crippen molar-refractivity contribution in [1.82, 2.24) is 10.2 Å². The molecule has 0 spiro atoms. The van der Waals surface area contributed by atoms with Gasteiger partial charge < -0.3 is 11.1 Å². The van der Waals surface area contributed by atoms with Crippen molar-refractivity contribution in [3.8, 4) is 0 Å². The van der Waals surface area contributed by atoms with Gasteiger partial charge in [-0.25, -0.2) is 0 Å². The molecule has 1 aliphatic rings. The zero-order valence-corrected chi connectivity index (χ0v) is 11.8. The van der Waals surface area contributed by atoms with Gasteiger partial charge in [0.05, 0.1) is 0 Å². The Morgan fingerprint density at radius 2 is 2.06 bits per heavy atom. The minimum atomic E-state index is -0.634. The number of likely N-dealkylation sites (tertiary alicyclic amines) is 1. The largest absolute Gasteiger partial charge is 0.368 e. The Kier molecular flexibility index (Phi) is 4.55. The molecule has 3 N–H and O–H groups in total. The van der Waals surface area contributed by atoms with Crippen LogP contribution in [0, 0.1) is 11.8 Å². The van der Waals surface area contributed by atoms with Crippen molar-refractivity contribution in [3.63, 3.8) is 0 Å². The Bertz CT molecular complexity index is 282. The van der Waals surface area contributed by atoms with E-state index in [0.29, 0.717) is 24.4 Å². The standard InChI is InChI=1S/C13H27N3O/c1-9-6-10(2)11(3)16(7-9)8-13(4,15-5)12(14)17/h9-11,15H,6-8H2,1-5H3,(H2,14,17). The predicted molar refractivity (Wildman–Crippen MR) is 70.6 cm³/mol. The number of carbonyl (C=O) groups excluding carboxylic acids is 1. The van der Waals surface area contributed by atoms with Crippen molar-refractivity contribution in [2.75, 3.05) is 20.1 Å². The number of primary amides is 1. The van der Waals surface area contributed by atoms with Crippen molar-refractivity contribution in [2.45, 2.75) is 45.7 Å². The highest BCUT2D eigenvalue weighted by atomic mass is 16.1. The minimum absolute atomic E-state index is 0.280. The molecule has 17 heavy (non-hydrogen) atoms. The Hall–Kier alpha value is -0.610. The molecule has 0 aliphatic carbocycles. The van der Waals surface area contributed by atoms with Crippen LogP contribution in [-0.4, -0.2) is 42.5 Å². The van der Waals surface area contributed by atoms with E-state index in [2.05, 4.69) is 31.0 Å². The third kappa shape index (κ3) is 3.19. The number of carbonyl (C=O) groups is 1. The van der Waals surface area contributed by atoms with E-state index < -0.39 is 5.54 Å². The number of hydrogen-bond acceptors (Lipinski definition) is 3. The summed E-state index contributed by atoms with van der Waals surface area (Å²) in [5.41, 5.74) is 4.85. The number of nitrogens with two attached hydrogens (primary N) is 1. The topological polar surface area (TPSA) is 58.4 Å². The molecule has 4 heteroatoms. The van der Waals surface area contributed by atoms with E-state index in [1.807, 2.05) is 6.92 Å². The first-order valence-electron chi connectivity index (χ1n) is 6.53. The third-order valence-electron chi connectivity index (χ3n) is 4.33. The smallest absolute Gasteiger partial charge is 0.238 e. The molecular weight excluding hydrogens is 214 g/mol. The van der Waals surface area contributed by atoms with Crippen LogP contribution in [0.4, 0.5) is 0 Å². The summed E-state index contributed by atoms with van der Waals surface area (Å²) in [6, 6.07) is 0.512. The van der Waals surface area contributed by atoms with Crippen LogP contribution in [0.15, 0.2) is 0 Å². The Morgan fingerprint density at radius 1 is 1.47 bits per heavy atom.